The van der Waals surface area contributed by atoms with Crippen LogP contribution in [-0.2, 0) is 6.54 Å². The van der Waals surface area contributed by atoms with E-state index >= 15 is 0 Å². The highest BCUT2D eigenvalue weighted by molar-refractivity contribution is 5.39. The molecule has 108 valence electrons. The van der Waals surface area contributed by atoms with Gasteiger partial charge in [0.15, 0.2) is 11.5 Å². The molecule has 6 heteroatoms. The molecule has 1 heterocycles. The van der Waals surface area contributed by atoms with E-state index in [1.54, 1.807) is 10.9 Å². The maximum atomic E-state index is 5.70. The van der Waals surface area contributed by atoms with Crippen molar-refractivity contribution in [2.45, 2.75) is 13.5 Å². The SMILES string of the molecule is CCOc1ccccc1OCCNCCn1ccnn1. The van der Waals surface area contributed by atoms with Gasteiger partial charge in [0.05, 0.1) is 19.3 Å². The number of rotatable bonds is 9. The molecule has 0 amide bonds. The van der Waals surface area contributed by atoms with E-state index < -0.39 is 0 Å². The number of ether oxygens (including phenoxy) is 2. The molecule has 0 saturated carbocycles. The fraction of sp³-hybridized carbons (Fsp3) is 0.429. The molecule has 0 fully saturated rings. The molecule has 0 bridgehead atoms. The van der Waals surface area contributed by atoms with Crippen molar-refractivity contribution in [3.63, 3.8) is 0 Å². The summed E-state index contributed by atoms with van der Waals surface area (Å²) in [5.41, 5.74) is 0. The van der Waals surface area contributed by atoms with Crippen LogP contribution in [0.25, 0.3) is 0 Å². The molecule has 0 atom stereocenters. The Morgan fingerprint density at radius 2 is 1.95 bits per heavy atom. The molecular weight excluding hydrogens is 256 g/mol. The zero-order chi connectivity index (χ0) is 14.0. The van der Waals surface area contributed by atoms with Crippen LogP contribution in [0.5, 0.6) is 11.5 Å². The first kappa shape index (κ1) is 14.3. The third kappa shape index (κ3) is 4.55. The van der Waals surface area contributed by atoms with Crippen molar-refractivity contribution in [3.05, 3.63) is 36.7 Å². The van der Waals surface area contributed by atoms with E-state index in [4.69, 9.17) is 9.47 Å². The van der Waals surface area contributed by atoms with Gasteiger partial charge >= 0.3 is 0 Å². The van der Waals surface area contributed by atoms with Crippen molar-refractivity contribution in [2.24, 2.45) is 0 Å². The predicted octanol–water partition coefficient (Wildman–Crippen LogP) is 1.35. The number of hydrogen-bond donors (Lipinski definition) is 1. The fourth-order valence-electron chi connectivity index (χ4n) is 1.75. The Labute approximate surface area is 118 Å². The van der Waals surface area contributed by atoms with Gasteiger partial charge in [-0.15, -0.1) is 5.10 Å². The molecule has 0 aliphatic rings. The van der Waals surface area contributed by atoms with Crippen molar-refractivity contribution < 1.29 is 9.47 Å². The smallest absolute Gasteiger partial charge is 0.161 e. The Kier molecular flexibility index (Phi) is 5.85. The largest absolute Gasteiger partial charge is 0.490 e. The maximum Gasteiger partial charge on any atom is 0.161 e. The van der Waals surface area contributed by atoms with Crippen molar-refractivity contribution >= 4 is 0 Å². The molecule has 0 unspecified atom stereocenters. The molecule has 20 heavy (non-hydrogen) atoms. The number of benzene rings is 1. The summed E-state index contributed by atoms with van der Waals surface area (Å²) in [5, 5.41) is 10.9. The standard InChI is InChI=1S/C14H20N4O2/c1-2-19-13-5-3-4-6-14(13)20-12-9-15-7-10-18-11-8-16-17-18/h3-6,8,11,15H,2,7,9-10,12H2,1H3. The molecule has 1 aromatic carbocycles. The van der Waals surface area contributed by atoms with Crippen LogP contribution >= 0.6 is 0 Å². The van der Waals surface area contributed by atoms with Crippen molar-refractivity contribution in [1.82, 2.24) is 20.3 Å². The number of nitrogens with one attached hydrogen (secondary N) is 1. The highest BCUT2D eigenvalue weighted by Gasteiger charge is 2.02. The Morgan fingerprint density at radius 1 is 1.15 bits per heavy atom. The Hall–Kier alpha value is -2.08. The average molecular weight is 276 g/mol. The molecule has 2 aromatic rings. The lowest BCUT2D eigenvalue weighted by Gasteiger charge is -2.11. The first-order valence-electron chi connectivity index (χ1n) is 6.79. The molecular formula is C14H20N4O2. The van der Waals surface area contributed by atoms with Crippen LogP contribution in [0.15, 0.2) is 36.7 Å². The fourth-order valence-corrected chi connectivity index (χ4v) is 1.75. The van der Waals surface area contributed by atoms with Gasteiger partial charge in [-0.1, -0.05) is 17.3 Å². The van der Waals surface area contributed by atoms with Crippen molar-refractivity contribution in [2.75, 3.05) is 26.3 Å². The van der Waals surface area contributed by atoms with E-state index in [-0.39, 0.29) is 0 Å². The van der Waals surface area contributed by atoms with Crippen LogP contribution in [0.4, 0.5) is 0 Å². The molecule has 0 spiro atoms. The number of hydrogen-bond acceptors (Lipinski definition) is 5. The van der Waals surface area contributed by atoms with Gasteiger partial charge < -0.3 is 14.8 Å². The molecule has 0 aliphatic heterocycles. The zero-order valence-corrected chi connectivity index (χ0v) is 11.7. The molecule has 0 saturated heterocycles. The Bertz CT molecular complexity index is 488. The van der Waals surface area contributed by atoms with Crippen LogP contribution in [0.1, 0.15) is 6.92 Å². The van der Waals surface area contributed by atoms with Gasteiger partial charge in [-0.05, 0) is 19.1 Å². The molecule has 1 aromatic heterocycles. The normalized spacial score (nSPS) is 10.4. The molecule has 6 nitrogen and oxygen atoms in total. The first-order chi connectivity index (χ1) is 9.90. The monoisotopic (exact) mass is 276 g/mol. The van der Waals surface area contributed by atoms with Crippen molar-refractivity contribution in [3.8, 4) is 11.5 Å². The molecule has 0 radical (unpaired) electrons. The van der Waals surface area contributed by atoms with Gasteiger partial charge in [0, 0.05) is 19.3 Å². The van der Waals surface area contributed by atoms with E-state index in [0.29, 0.717) is 13.2 Å². The van der Waals surface area contributed by atoms with Gasteiger partial charge in [-0.2, -0.15) is 0 Å². The summed E-state index contributed by atoms with van der Waals surface area (Å²) in [4.78, 5) is 0. The summed E-state index contributed by atoms with van der Waals surface area (Å²) in [5.74, 6) is 1.57. The topological polar surface area (TPSA) is 61.2 Å². The van der Waals surface area contributed by atoms with Crippen LogP contribution in [0.2, 0.25) is 0 Å². The van der Waals surface area contributed by atoms with Crippen molar-refractivity contribution in [1.29, 1.82) is 0 Å². The third-order valence-corrected chi connectivity index (χ3v) is 2.68. The quantitative estimate of drug-likeness (QED) is 0.700. The van der Waals surface area contributed by atoms with E-state index in [1.165, 1.54) is 0 Å². The third-order valence-electron chi connectivity index (χ3n) is 2.68. The maximum absolute atomic E-state index is 5.70. The number of nitrogens with zero attached hydrogens (tertiary/aromatic N) is 3. The predicted molar refractivity (Wildman–Crippen MR) is 76.0 cm³/mol. The number of para-hydroxylation sites is 2. The van der Waals surface area contributed by atoms with Gasteiger partial charge in [0.1, 0.15) is 6.61 Å². The van der Waals surface area contributed by atoms with E-state index in [2.05, 4.69) is 15.6 Å². The summed E-state index contributed by atoms with van der Waals surface area (Å²) in [6.45, 7) is 5.60. The second-order valence-corrected chi connectivity index (χ2v) is 4.14. The van der Waals surface area contributed by atoms with Gasteiger partial charge in [0.25, 0.3) is 0 Å². The second-order valence-electron chi connectivity index (χ2n) is 4.14. The number of aromatic nitrogens is 3. The highest BCUT2D eigenvalue weighted by Crippen LogP contribution is 2.25. The molecule has 1 N–H and O–H groups in total. The van der Waals surface area contributed by atoms with Crippen LogP contribution in [0, 0.1) is 0 Å². The summed E-state index contributed by atoms with van der Waals surface area (Å²) < 4.78 is 13.0. The summed E-state index contributed by atoms with van der Waals surface area (Å²) >= 11 is 0. The van der Waals surface area contributed by atoms with Gasteiger partial charge in [-0.3, -0.25) is 4.68 Å². The molecule has 0 aliphatic carbocycles. The average Bonchev–Trinajstić information content (AvgIpc) is 2.98. The lowest BCUT2D eigenvalue weighted by Crippen LogP contribution is -2.25. The summed E-state index contributed by atoms with van der Waals surface area (Å²) in [7, 11) is 0. The lowest BCUT2D eigenvalue weighted by atomic mass is 10.3. The lowest BCUT2D eigenvalue weighted by molar-refractivity contribution is 0.275. The van der Waals surface area contributed by atoms with E-state index in [9.17, 15) is 0 Å². The van der Waals surface area contributed by atoms with Gasteiger partial charge in [0.2, 0.25) is 0 Å². The van der Waals surface area contributed by atoms with Crippen LogP contribution in [-0.4, -0.2) is 41.3 Å². The first-order valence-corrected chi connectivity index (χ1v) is 6.79. The van der Waals surface area contributed by atoms with E-state index in [1.807, 2.05) is 37.4 Å². The summed E-state index contributed by atoms with van der Waals surface area (Å²) in [6, 6.07) is 7.71. The zero-order valence-electron chi connectivity index (χ0n) is 11.7. The van der Waals surface area contributed by atoms with Gasteiger partial charge in [-0.25, -0.2) is 0 Å². The summed E-state index contributed by atoms with van der Waals surface area (Å²) in [6.07, 6.45) is 3.52. The second kappa shape index (κ2) is 8.16. The van der Waals surface area contributed by atoms with E-state index in [0.717, 1.165) is 31.1 Å². The minimum atomic E-state index is 0.599. The minimum absolute atomic E-state index is 0.599. The minimum Gasteiger partial charge on any atom is -0.490 e. The Morgan fingerprint density at radius 3 is 2.65 bits per heavy atom. The van der Waals surface area contributed by atoms with Crippen LogP contribution < -0.4 is 14.8 Å². The highest BCUT2D eigenvalue weighted by atomic mass is 16.5. The molecule has 2 rings (SSSR count). The van der Waals surface area contributed by atoms with Crippen LogP contribution in [0.3, 0.4) is 0 Å². The Balaban J connectivity index is 1.63.